The Morgan fingerprint density at radius 1 is 1.00 bits per heavy atom. The smallest absolute Gasteiger partial charge is 0.0842 e. The zero-order chi connectivity index (χ0) is 11.9. The molecule has 15 heavy (non-hydrogen) atoms. The molecule has 0 heterocycles. The summed E-state index contributed by atoms with van der Waals surface area (Å²) in [5, 5.41) is 17.8. The lowest BCUT2D eigenvalue weighted by atomic mass is 9.93. The first kappa shape index (κ1) is 15.1. The molecule has 0 aromatic rings. The first-order chi connectivity index (χ1) is 6.95. The number of hydrogen-bond donors (Lipinski definition) is 2. The summed E-state index contributed by atoms with van der Waals surface area (Å²) >= 11 is -5.62. The number of rotatable bonds is 8. The summed E-state index contributed by atoms with van der Waals surface area (Å²) in [6.45, 7) is -2.52. The van der Waals surface area contributed by atoms with E-state index in [9.17, 15) is 17.5 Å². The first-order valence-corrected chi connectivity index (χ1v) is 5.62. The normalized spacial score (nSPS) is 16.3. The van der Waals surface area contributed by atoms with Gasteiger partial charge in [0.25, 0.3) is 0 Å². The molecule has 0 aliphatic rings. The molecule has 0 aromatic heterocycles. The Balaban J connectivity index is 4.29. The van der Waals surface area contributed by atoms with Crippen LogP contribution in [0.5, 0.6) is 0 Å². The van der Waals surface area contributed by atoms with Crippen LogP contribution < -0.4 is 0 Å². The molecule has 2 unspecified atom stereocenters. The van der Waals surface area contributed by atoms with Gasteiger partial charge in [-0.3, -0.25) is 8.37 Å². The van der Waals surface area contributed by atoms with Crippen molar-refractivity contribution in [1.29, 1.82) is 0 Å². The van der Waals surface area contributed by atoms with Gasteiger partial charge < -0.3 is 19.3 Å². The van der Waals surface area contributed by atoms with Crippen molar-refractivity contribution in [2.75, 3.05) is 26.4 Å². The van der Waals surface area contributed by atoms with Crippen molar-refractivity contribution < 1.29 is 36.1 Å². The van der Waals surface area contributed by atoms with Gasteiger partial charge >= 0.3 is 0 Å². The second-order valence-electron chi connectivity index (χ2n) is 2.75. The molecule has 8 nitrogen and oxygen atoms in total. The first-order valence-electron chi connectivity index (χ1n) is 3.62. The van der Waals surface area contributed by atoms with Crippen molar-refractivity contribution in [3.8, 4) is 0 Å². The molecule has 0 aliphatic heterocycles. The van der Waals surface area contributed by atoms with Crippen molar-refractivity contribution >= 4 is 22.7 Å². The SMILES string of the molecule is O=S([O-])OCC(CO)(CO)COS(=O)[O-]. The lowest BCUT2D eigenvalue weighted by Gasteiger charge is -2.29. The van der Waals surface area contributed by atoms with E-state index in [-0.39, 0.29) is 0 Å². The van der Waals surface area contributed by atoms with E-state index in [1.165, 1.54) is 0 Å². The highest BCUT2D eigenvalue weighted by molar-refractivity contribution is 7.74. The van der Waals surface area contributed by atoms with Crippen LogP contribution in [0.4, 0.5) is 0 Å². The predicted molar refractivity (Wildman–Crippen MR) is 46.3 cm³/mol. The standard InChI is InChI=1S/C5H12O8S2/c6-1-5(2-7,3-12-14(8)9)4-13-15(10)11/h6-7H,1-4H2,(H,8,9)(H,10,11)/p-2. The summed E-state index contributed by atoms with van der Waals surface area (Å²) in [4.78, 5) is 0. The van der Waals surface area contributed by atoms with E-state index in [0.717, 1.165) is 0 Å². The van der Waals surface area contributed by atoms with E-state index >= 15 is 0 Å². The zero-order valence-electron chi connectivity index (χ0n) is 7.49. The second-order valence-corrected chi connectivity index (χ2v) is 4.04. The molecule has 0 saturated heterocycles. The molecule has 92 valence electrons. The molecule has 0 saturated carbocycles. The number of hydrogen-bond acceptors (Lipinski definition) is 8. The number of aliphatic hydroxyl groups is 2. The fourth-order valence-electron chi connectivity index (χ4n) is 0.620. The molecule has 0 amide bonds. The van der Waals surface area contributed by atoms with Gasteiger partial charge in [0.15, 0.2) is 0 Å². The van der Waals surface area contributed by atoms with Crippen LogP contribution in [0.1, 0.15) is 0 Å². The Kier molecular flexibility index (Phi) is 7.38. The van der Waals surface area contributed by atoms with Gasteiger partial charge in [-0.05, 0) is 0 Å². The van der Waals surface area contributed by atoms with Gasteiger partial charge in [0.2, 0.25) is 0 Å². The van der Waals surface area contributed by atoms with Gasteiger partial charge in [-0.15, -0.1) is 0 Å². The van der Waals surface area contributed by atoms with E-state index in [1.807, 2.05) is 0 Å². The Morgan fingerprint density at radius 3 is 1.53 bits per heavy atom. The topological polar surface area (TPSA) is 139 Å². The van der Waals surface area contributed by atoms with Crippen LogP contribution in [0.25, 0.3) is 0 Å². The molecule has 0 spiro atoms. The Bertz CT molecular complexity index is 207. The van der Waals surface area contributed by atoms with Crippen molar-refractivity contribution in [2.24, 2.45) is 5.41 Å². The fourth-order valence-corrected chi connectivity index (χ4v) is 1.31. The van der Waals surface area contributed by atoms with Crippen LogP contribution in [0.2, 0.25) is 0 Å². The second kappa shape index (κ2) is 7.35. The average molecular weight is 262 g/mol. The molecule has 0 radical (unpaired) electrons. The van der Waals surface area contributed by atoms with E-state index < -0.39 is 54.6 Å². The van der Waals surface area contributed by atoms with Gasteiger partial charge in [0, 0.05) is 0 Å². The largest absolute Gasteiger partial charge is 0.750 e. The molecule has 0 aliphatic carbocycles. The summed E-state index contributed by atoms with van der Waals surface area (Å²) in [7, 11) is 0. The summed E-state index contributed by atoms with van der Waals surface area (Å²) in [5.41, 5.74) is -1.47. The van der Waals surface area contributed by atoms with E-state index in [0.29, 0.717) is 0 Å². The van der Waals surface area contributed by atoms with Gasteiger partial charge in [-0.25, -0.2) is 8.42 Å². The molecule has 10 heteroatoms. The van der Waals surface area contributed by atoms with Crippen molar-refractivity contribution in [3.63, 3.8) is 0 Å². The maximum absolute atomic E-state index is 10.1. The zero-order valence-corrected chi connectivity index (χ0v) is 9.12. The van der Waals surface area contributed by atoms with Crippen LogP contribution in [0.15, 0.2) is 0 Å². The average Bonchev–Trinajstić information content (AvgIpc) is 2.19. The molecule has 0 bridgehead atoms. The number of aliphatic hydroxyl groups excluding tert-OH is 2. The maximum Gasteiger partial charge on any atom is 0.0842 e. The minimum Gasteiger partial charge on any atom is -0.750 e. The quantitative estimate of drug-likeness (QED) is 0.460. The molecular weight excluding hydrogens is 252 g/mol. The summed E-state index contributed by atoms with van der Waals surface area (Å²) in [5.74, 6) is 0. The third-order valence-electron chi connectivity index (χ3n) is 1.59. The summed E-state index contributed by atoms with van der Waals surface area (Å²) in [6, 6.07) is 0. The molecule has 2 atom stereocenters. The highest BCUT2D eigenvalue weighted by atomic mass is 32.2. The van der Waals surface area contributed by atoms with Crippen LogP contribution in [0.3, 0.4) is 0 Å². The third kappa shape index (κ3) is 6.27. The van der Waals surface area contributed by atoms with Crippen molar-refractivity contribution in [2.45, 2.75) is 0 Å². The van der Waals surface area contributed by atoms with Gasteiger partial charge in [-0.1, -0.05) is 0 Å². The lowest BCUT2D eigenvalue weighted by molar-refractivity contribution is -0.0163. The minimum absolute atomic E-state index is 0.576. The van der Waals surface area contributed by atoms with Gasteiger partial charge in [0.1, 0.15) is 0 Å². The third-order valence-corrected chi connectivity index (χ3v) is 2.21. The Labute approximate surface area is 91.2 Å². The van der Waals surface area contributed by atoms with E-state index in [1.54, 1.807) is 0 Å². The molecule has 0 aromatic carbocycles. The predicted octanol–water partition coefficient (Wildman–Crippen LogP) is -2.42. The highest BCUT2D eigenvalue weighted by Gasteiger charge is 2.30. The minimum atomic E-state index is -2.81. The Hall–Kier alpha value is 0.0600. The molecule has 2 N–H and O–H groups in total. The van der Waals surface area contributed by atoms with Gasteiger partial charge in [-0.2, -0.15) is 0 Å². The van der Waals surface area contributed by atoms with Gasteiger partial charge in [0.05, 0.1) is 54.6 Å². The van der Waals surface area contributed by atoms with E-state index in [4.69, 9.17) is 10.2 Å². The van der Waals surface area contributed by atoms with Crippen LogP contribution in [-0.4, -0.2) is 54.2 Å². The van der Waals surface area contributed by atoms with Crippen molar-refractivity contribution in [3.05, 3.63) is 0 Å². The van der Waals surface area contributed by atoms with Crippen LogP contribution in [0, 0.1) is 5.41 Å². The monoisotopic (exact) mass is 262 g/mol. The maximum atomic E-state index is 10.1. The van der Waals surface area contributed by atoms with Crippen molar-refractivity contribution in [1.82, 2.24) is 0 Å². The van der Waals surface area contributed by atoms with Crippen LogP contribution >= 0.6 is 0 Å². The molecular formula is C5H10O8S2-2. The lowest BCUT2D eigenvalue weighted by Crippen LogP contribution is -2.40. The van der Waals surface area contributed by atoms with Crippen LogP contribution in [-0.2, 0) is 31.1 Å². The molecule has 0 rings (SSSR count). The fraction of sp³-hybridized carbons (Fsp3) is 1.00. The summed E-state index contributed by atoms with van der Waals surface area (Å²) < 4.78 is 48.5. The highest BCUT2D eigenvalue weighted by Crippen LogP contribution is 2.17. The summed E-state index contributed by atoms with van der Waals surface area (Å²) in [6.07, 6.45) is 0. The molecule has 0 fully saturated rings. The Morgan fingerprint density at radius 2 is 1.33 bits per heavy atom. The van der Waals surface area contributed by atoms with E-state index in [2.05, 4.69) is 8.37 Å².